The molecule has 40 heavy (non-hydrogen) atoms. The van der Waals surface area contributed by atoms with Gasteiger partial charge in [0, 0.05) is 49.2 Å². The first-order valence-corrected chi connectivity index (χ1v) is 13.9. The molecule has 10 heteroatoms. The maximum absolute atomic E-state index is 13.4. The van der Waals surface area contributed by atoms with Crippen LogP contribution in [0.3, 0.4) is 0 Å². The second kappa shape index (κ2) is 9.00. The van der Waals surface area contributed by atoms with Gasteiger partial charge < -0.3 is 20.2 Å². The van der Waals surface area contributed by atoms with Gasteiger partial charge in [0.2, 0.25) is 5.95 Å². The maximum atomic E-state index is 13.4. The van der Waals surface area contributed by atoms with Crippen molar-refractivity contribution in [1.82, 2.24) is 29.2 Å². The third-order valence-corrected chi connectivity index (χ3v) is 9.03. The molecule has 3 aromatic heterocycles. The Morgan fingerprint density at radius 3 is 2.52 bits per heavy atom. The number of rotatable bonds is 6. The largest absolute Gasteiger partial charge is 0.383 e. The van der Waals surface area contributed by atoms with Gasteiger partial charge in [-0.05, 0) is 69.1 Å². The smallest absolute Gasteiger partial charge is 0.278 e. The highest BCUT2D eigenvalue weighted by atomic mass is 16.3. The van der Waals surface area contributed by atoms with Gasteiger partial charge in [-0.1, -0.05) is 12.1 Å². The quantitative estimate of drug-likeness (QED) is 0.361. The van der Waals surface area contributed by atoms with Gasteiger partial charge in [0.05, 0.1) is 12.2 Å². The number of pyridine rings is 1. The van der Waals surface area contributed by atoms with Crippen molar-refractivity contribution >= 4 is 28.4 Å². The fourth-order valence-corrected chi connectivity index (χ4v) is 6.32. The molecule has 7 rings (SSSR count). The summed E-state index contributed by atoms with van der Waals surface area (Å²) in [7, 11) is 2.15. The molecular formula is C30H34N8O2. The van der Waals surface area contributed by atoms with Gasteiger partial charge in [-0.3, -0.25) is 4.79 Å². The summed E-state index contributed by atoms with van der Waals surface area (Å²) in [5.74, 6) is 0.918. The van der Waals surface area contributed by atoms with Crippen molar-refractivity contribution in [3.63, 3.8) is 0 Å². The van der Waals surface area contributed by atoms with E-state index in [-0.39, 0.29) is 17.5 Å². The van der Waals surface area contributed by atoms with Gasteiger partial charge >= 0.3 is 0 Å². The molecule has 1 aliphatic heterocycles. The van der Waals surface area contributed by atoms with E-state index in [0.717, 1.165) is 56.7 Å². The predicted molar refractivity (Wildman–Crippen MR) is 155 cm³/mol. The molecule has 2 N–H and O–H groups in total. The van der Waals surface area contributed by atoms with Gasteiger partial charge in [-0.2, -0.15) is 4.98 Å². The number of anilines is 3. The van der Waals surface area contributed by atoms with Crippen molar-refractivity contribution in [3.05, 3.63) is 76.9 Å². The van der Waals surface area contributed by atoms with Crippen LogP contribution in [-0.2, 0) is 18.6 Å². The van der Waals surface area contributed by atoms with Crippen molar-refractivity contribution in [2.45, 2.75) is 38.3 Å². The summed E-state index contributed by atoms with van der Waals surface area (Å²) in [5, 5.41) is 15.1. The molecule has 10 nitrogen and oxygen atoms in total. The molecule has 1 aromatic carbocycles. The van der Waals surface area contributed by atoms with Gasteiger partial charge in [0.1, 0.15) is 11.0 Å². The first-order chi connectivity index (χ1) is 19.3. The summed E-state index contributed by atoms with van der Waals surface area (Å²) in [5.41, 5.74) is 2.93. The summed E-state index contributed by atoms with van der Waals surface area (Å²) in [6, 6.07) is 12.2. The van der Waals surface area contributed by atoms with Crippen LogP contribution in [0.25, 0.3) is 16.9 Å². The van der Waals surface area contributed by atoms with E-state index in [4.69, 9.17) is 9.97 Å². The molecule has 4 heterocycles. The number of aliphatic hydroxyl groups is 1. The molecule has 4 aromatic rings. The molecule has 0 bridgehead atoms. The van der Waals surface area contributed by atoms with Crippen molar-refractivity contribution in [2.75, 3.05) is 43.4 Å². The van der Waals surface area contributed by atoms with Gasteiger partial charge in [0.15, 0.2) is 11.5 Å². The minimum atomic E-state index is -0.997. The number of piperazine rings is 1. The summed E-state index contributed by atoms with van der Waals surface area (Å²) in [6.45, 7) is 10.1. The number of likely N-dealkylation sites (N-methyl/N-ethyl adjacent to an activating group) is 1. The molecular weight excluding hydrogens is 504 g/mol. The third-order valence-electron chi connectivity index (χ3n) is 9.03. The average Bonchev–Trinajstić information content (AvgIpc) is 3.65. The lowest BCUT2D eigenvalue weighted by atomic mass is 9.88. The van der Waals surface area contributed by atoms with Crippen LogP contribution in [0.1, 0.15) is 31.0 Å². The highest BCUT2D eigenvalue weighted by molar-refractivity contribution is 5.77. The Hall–Kier alpha value is -4.02. The summed E-state index contributed by atoms with van der Waals surface area (Å²) in [6.07, 6.45) is 6.06. The van der Waals surface area contributed by atoms with E-state index in [2.05, 4.69) is 45.9 Å². The second-order valence-corrected chi connectivity index (χ2v) is 11.6. The highest BCUT2D eigenvalue weighted by Crippen LogP contribution is 2.64. The zero-order chi connectivity index (χ0) is 27.6. The lowest BCUT2D eigenvalue weighted by Crippen LogP contribution is -2.44. The summed E-state index contributed by atoms with van der Waals surface area (Å²) < 4.78 is 3.28. The SMILES string of the molecule is C=CCn1c(=O)c2cnc(Nc3ccc(N4CCN(C)CC4)cc3)nc2n1-c1ccc2c(n1)[C@](C)(O)C1(CC1)C2. The number of aromatic nitrogens is 5. The van der Waals surface area contributed by atoms with E-state index < -0.39 is 5.60 Å². The minimum absolute atomic E-state index is 0.111. The van der Waals surface area contributed by atoms with E-state index in [9.17, 15) is 9.90 Å². The van der Waals surface area contributed by atoms with Crippen LogP contribution in [0.2, 0.25) is 0 Å². The first kappa shape index (κ1) is 25.0. The molecule has 1 atom stereocenters. The fourth-order valence-electron chi connectivity index (χ4n) is 6.32. The standard InChI is InChI=1S/C30H34N8O2/c1-4-13-37-27(39)23-19-31-28(32-21-6-8-22(9-7-21)36-16-14-35(3)15-17-36)34-26(23)38(37)24-10-5-20-18-30(11-12-30)29(2,40)25(20)33-24/h4-10,19,40H,1,11-18H2,2-3H3,(H,31,32,34)/t29-/m0/s1. The first-order valence-electron chi connectivity index (χ1n) is 13.9. The normalized spacial score (nSPS) is 21.6. The number of hydrogen-bond donors (Lipinski definition) is 2. The van der Waals surface area contributed by atoms with Crippen molar-refractivity contribution in [2.24, 2.45) is 5.41 Å². The minimum Gasteiger partial charge on any atom is -0.383 e. The van der Waals surface area contributed by atoms with Gasteiger partial charge in [0.25, 0.3) is 5.56 Å². The number of hydrogen-bond acceptors (Lipinski definition) is 8. The monoisotopic (exact) mass is 538 g/mol. The molecule has 1 saturated carbocycles. The summed E-state index contributed by atoms with van der Waals surface area (Å²) >= 11 is 0. The van der Waals surface area contributed by atoms with Crippen LogP contribution < -0.4 is 15.8 Å². The Kier molecular flexibility index (Phi) is 5.62. The van der Waals surface area contributed by atoms with Crippen LogP contribution in [0, 0.1) is 5.41 Å². The summed E-state index contributed by atoms with van der Waals surface area (Å²) in [4.78, 5) is 32.2. The molecule has 0 unspecified atom stereocenters. The van der Waals surface area contributed by atoms with E-state index in [1.165, 1.54) is 5.69 Å². The zero-order valence-corrected chi connectivity index (χ0v) is 23.0. The lowest BCUT2D eigenvalue weighted by molar-refractivity contribution is -0.0102. The van der Waals surface area contributed by atoms with Crippen molar-refractivity contribution in [3.8, 4) is 5.82 Å². The van der Waals surface area contributed by atoms with Crippen LogP contribution in [0.5, 0.6) is 0 Å². The number of nitrogens with one attached hydrogen (secondary N) is 1. The molecule has 2 aliphatic carbocycles. The van der Waals surface area contributed by atoms with Crippen molar-refractivity contribution < 1.29 is 5.11 Å². The van der Waals surface area contributed by atoms with Crippen molar-refractivity contribution in [1.29, 1.82) is 0 Å². The van der Waals surface area contributed by atoms with Crippen LogP contribution in [0.4, 0.5) is 17.3 Å². The Labute approximate surface area is 232 Å². The molecule has 0 radical (unpaired) electrons. The third kappa shape index (κ3) is 3.85. The number of nitrogens with zero attached hydrogens (tertiary/aromatic N) is 7. The Morgan fingerprint density at radius 1 is 1.07 bits per heavy atom. The van der Waals surface area contributed by atoms with Crippen LogP contribution >= 0.6 is 0 Å². The number of allylic oxidation sites excluding steroid dienone is 1. The molecule has 206 valence electrons. The van der Waals surface area contributed by atoms with E-state index in [0.29, 0.717) is 28.5 Å². The maximum Gasteiger partial charge on any atom is 0.278 e. The Balaban J connectivity index is 1.24. The number of benzene rings is 1. The highest BCUT2D eigenvalue weighted by Gasteiger charge is 2.62. The Morgan fingerprint density at radius 2 is 1.82 bits per heavy atom. The van der Waals surface area contributed by atoms with Crippen LogP contribution in [-0.4, -0.2) is 67.5 Å². The second-order valence-electron chi connectivity index (χ2n) is 11.6. The molecule has 2 fully saturated rings. The molecule has 1 saturated heterocycles. The van der Waals surface area contributed by atoms with Gasteiger partial charge in [-0.15, -0.1) is 6.58 Å². The fraction of sp³-hybridized carbons (Fsp3) is 0.400. The zero-order valence-electron chi connectivity index (χ0n) is 23.0. The molecule has 0 amide bonds. The van der Waals surface area contributed by atoms with Gasteiger partial charge in [-0.25, -0.2) is 19.3 Å². The molecule has 1 spiro atoms. The number of fused-ring (bicyclic) bond motifs is 2. The van der Waals surface area contributed by atoms with E-state index in [1.807, 2.05) is 31.2 Å². The average molecular weight is 539 g/mol. The Bertz CT molecular complexity index is 1670. The predicted octanol–water partition coefficient (Wildman–Crippen LogP) is 3.20. The van der Waals surface area contributed by atoms with E-state index >= 15 is 0 Å². The topological polar surface area (TPSA) is 104 Å². The van der Waals surface area contributed by atoms with E-state index in [1.54, 1.807) is 21.6 Å². The lowest BCUT2D eigenvalue weighted by Gasteiger charge is -2.34. The van der Waals surface area contributed by atoms with Crippen LogP contribution in [0.15, 0.2) is 60.0 Å². The molecule has 3 aliphatic rings.